The fraction of sp³-hybridized carbons (Fsp3) is 0.440. The first-order chi connectivity index (χ1) is 15.0. The summed E-state index contributed by atoms with van der Waals surface area (Å²) < 4.78 is 11.6. The number of hydrogen-bond donors (Lipinski definition) is 2. The third-order valence-electron chi connectivity index (χ3n) is 5.48. The molecule has 1 aliphatic carbocycles. The summed E-state index contributed by atoms with van der Waals surface area (Å²) in [7, 11) is 0. The summed E-state index contributed by atoms with van der Waals surface area (Å²) >= 11 is 0. The van der Waals surface area contributed by atoms with Crippen LogP contribution in [-0.2, 0) is 4.79 Å². The highest BCUT2D eigenvalue weighted by Gasteiger charge is 2.23. The molecular formula is C25H32N2O4. The van der Waals surface area contributed by atoms with Crippen molar-refractivity contribution in [2.75, 3.05) is 23.8 Å². The minimum Gasteiger partial charge on any atom is -0.492 e. The molecule has 31 heavy (non-hydrogen) atoms. The Morgan fingerprint density at radius 1 is 0.871 bits per heavy atom. The highest BCUT2D eigenvalue weighted by molar-refractivity contribution is 6.05. The van der Waals surface area contributed by atoms with Gasteiger partial charge in [0.1, 0.15) is 11.5 Å². The van der Waals surface area contributed by atoms with E-state index in [1.807, 2.05) is 32.9 Å². The van der Waals surface area contributed by atoms with Crippen molar-refractivity contribution in [3.05, 3.63) is 47.5 Å². The van der Waals surface area contributed by atoms with Crippen molar-refractivity contribution in [2.24, 2.45) is 5.92 Å². The van der Waals surface area contributed by atoms with Gasteiger partial charge in [-0.15, -0.1) is 0 Å². The van der Waals surface area contributed by atoms with Gasteiger partial charge in [0.25, 0.3) is 5.91 Å². The number of carbonyl (C=O) groups excluding carboxylic acids is 2. The van der Waals surface area contributed by atoms with Gasteiger partial charge in [-0.1, -0.05) is 37.0 Å². The van der Waals surface area contributed by atoms with Crippen LogP contribution in [0.4, 0.5) is 11.4 Å². The fourth-order valence-corrected chi connectivity index (χ4v) is 3.80. The number of rotatable bonds is 8. The largest absolute Gasteiger partial charge is 0.492 e. The van der Waals surface area contributed by atoms with E-state index in [9.17, 15) is 9.59 Å². The number of anilines is 2. The monoisotopic (exact) mass is 424 g/mol. The summed E-state index contributed by atoms with van der Waals surface area (Å²) in [5.41, 5.74) is 2.71. The molecule has 3 rings (SSSR count). The smallest absolute Gasteiger partial charge is 0.255 e. The number of hydrogen-bond acceptors (Lipinski definition) is 4. The van der Waals surface area contributed by atoms with Crippen LogP contribution in [0.2, 0.25) is 0 Å². The maximum Gasteiger partial charge on any atom is 0.255 e. The molecule has 6 heteroatoms. The van der Waals surface area contributed by atoms with E-state index in [4.69, 9.17) is 9.47 Å². The molecule has 0 unspecified atom stereocenters. The summed E-state index contributed by atoms with van der Waals surface area (Å²) in [5, 5.41) is 5.94. The lowest BCUT2D eigenvalue weighted by molar-refractivity contribution is -0.120. The lowest BCUT2D eigenvalue weighted by Gasteiger charge is -2.22. The maximum atomic E-state index is 12.8. The molecule has 1 fully saturated rings. The van der Waals surface area contributed by atoms with Crippen molar-refractivity contribution in [3.63, 3.8) is 0 Å². The molecule has 6 nitrogen and oxygen atoms in total. The van der Waals surface area contributed by atoms with Crippen molar-refractivity contribution in [2.45, 2.75) is 52.9 Å². The zero-order valence-electron chi connectivity index (χ0n) is 18.6. The van der Waals surface area contributed by atoms with Crippen LogP contribution >= 0.6 is 0 Å². The second-order valence-electron chi connectivity index (χ2n) is 7.85. The van der Waals surface area contributed by atoms with Gasteiger partial charge < -0.3 is 20.1 Å². The lowest BCUT2D eigenvalue weighted by Crippen LogP contribution is -2.25. The van der Waals surface area contributed by atoms with Gasteiger partial charge in [-0.3, -0.25) is 9.59 Å². The Bertz CT molecular complexity index is 902. The molecular weight excluding hydrogens is 392 g/mol. The van der Waals surface area contributed by atoms with E-state index in [2.05, 4.69) is 10.6 Å². The van der Waals surface area contributed by atoms with Gasteiger partial charge in [0.2, 0.25) is 5.91 Å². The van der Waals surface area contributed by atoms with E-state index in [0.717, 1.165) is 31.2 Å². The normalized spacial score (nSPS) is 14.0. The van der Waals surface area contributed by atoms with Crippen LogP contribution in [0, 0.1) is 12.8 Å². The number of amides is 2. The molecule has 0 aromatic heterocycles. The van der Waals surface area contributed by atoms with E-state index in [1.165, 1.54) is 6.42 Å². The molecule has 0 saturated heterocycles. The van der Waals surface area contributed by atoms with E-state index >= 15 is 0 Å². The van der Waals surface area contributed by atoms with Gasteiger partial charge in [0.15, 0.2) is 0 Å². The SMILES string of the molecule is CCOc1cc(NC(=O)C2CCCCC2)c(OCC)cc1NC(=O)c1ccc(C)cc1. The summed E-state index contributed by atoms with van der Waals surface area (Å²) in [6.07, 6.45) is 5.20. The Morgan fingerprint density at radius 3 is 1.97 bits per heavy atom. The molecule has 2 aromatic rings. The van der Waals surface area contributed by atoms with Crippen molar-refractivity contribution >= 4 is 23.2 Å². The van der Waals surface area contributed by atoms with Gasteiger partial charge in [-0.25, -0.2) is 0 Å². The van der Waals surface area contributed by atoms with Crippen molar-refractivity contribution in [1.82, 2.24) is 0 Å². The molecule has 0 aliphatic heterocycles. The summed E-state index contributed by atoms with van der Waals surface area (Å²) in [6, 6.07) is 10.8. The zero-order chi connectivity index (χ0) is 22.2. The molecule has 0 atom stereocenters. The molecule has 166 valence electrons. The number of nitrogens with one attached hydrogen (secondary N) is 2. The molecule has 1 saturated carbocycles. The number of carbonyl (C=O) groups is 2. The summed E-state index contributed by atoms with van der Waals surface area (Å²) in [4.78, 5) is 25.5. The second-order valence-corrected chi connectivity index (χ2v) is 7.85. The molecule has 0 heterocycles. The highest BCUT2D eigenvalue weighted by Crippen LogP contribution is 2.38. The van der Waals surface area contributed by atoms with Gasteiger partial charge in [0.05, 0.1) is 24.6 Å². The predicted octanol–water partition coefficient (Wildman–Crippen LogP) is 5.56. The quantitative estimate of drug-likeness (QED) is 0.581. The molecule has 2 N–H and O–H groups in total. The standard InChI is InChI=1S/C25H32N2O4/c1-4-30-22-16-21(27-25(29)19-13-11-17(3)12-14-19)23(31-5-2)15-20(22)26-24(28)18-9-7-6-8-10-18/h11-16,18H,4-10H2,1-3H3,(H,26,28)(H,27,29). The second kappa shape index (κ2) is 10.8. The molecule has 1 aliphatic rings. The van der Waals surface area contributed by atoms with Crippen molar-refractivity contribution in [1.29, 1.82) is 0 Å². The minimum absolute atomic E-state index is 0.0135. The molecule has 0 bridgehead atoms. The van der Waals surface area contributed by atoms with Crippen LogP contribution in [0.3, 0.4) is 0 Å². The maximum absolute atomic E-state index is 12.8. The third-order valence-corrected chi connectivity index (χ3v) is 5.48. The van der Waals surface area contributed by atoms with Gasteiger partial charge in [-0.05, 0) is 45.7 Å². The third kappa shape index (κ3) is 6.00. The predicted molar refractivity (Wildman–Crippen MR) is 123 cm³/mol. The van der Waals surface area contributed by atoms with E-state index in [1.54, 1.807) is 24.3 Å². The van der Waals surface area contributed by atoms with Crippen LogP contribution in [0.5, 0.6) is 11.5 Å². The lowest BCUT2D eigenvalue weighted by atomic mass is 9.88. The Kier molecular flexibility index (Phi) is 7.93. The zero-order valence-corrected chi connectivity index (χ0v) is 18.6. The average molecular weight is 425 g/mol. The van der Waals surface area contributed by atoms with Crippen molar-refractivity contribution < 1.29 is 19.1 Å². The Labute approximate surface area is 184 Å². The van der Waals surface area contributed by atoms with Gasteiger partial charge in [0, 0.05) is 23.6 Å². The van der Waals surface area contributed by atoms with E-state index < -0.39 is 0 Å². The first-order valence-corrected chi connectivity index (χ1v) is 11.1. The Balaban J connectivity index is 1.86. The Hall–Kier alpha value is -3.02. The number of aryl methyl sites for hydroxylation is 1. The van der Waals surface area contributed by atoms with Gasteiger partial charge in [-0.2, -0.15) is 0 Å². The number of benzene rings is 2. The Morgan fingerprint density at radius 2 is 1.42 bits per heavy atom. The molecule has 2 amide bonds. The molecule has 0 radical (unpaired) electrons. The number of ether oxygens (including phenoxy) is 2. The first-order valence-electron chi connectivity index (χ1n) is 11.1. The van der Waals surface area contributed by atoms with E-state index in [0.29, 0.717) is 41.7 Å². The summed E-state index contributed by atoms with van der Waals surface area (Å²) in [5.74, 6) is 0.807. The molecule has 0 spiro atoms. The molecule has 2 aromatic carbocycles. The van der Waals surface area contributed by atoms with Crippen LogP contribution in [0.25, 0.3) is 0 Å². The van der Waals surface area contributed by atoms with Gasteiger partial charge >= 0.3 is 0 Å². The van der Waals surface area contributed by atoms with Crippen LogP contribution < -0.4 is 20.1 Å². The fourth-order valence-electron chi connectivity index (χ4n) is 3.80. The van der Waals surface area contributed by atoms with Crippen LogP contribution in [0.15, 0.2) is 36.4 Å². The average Bonchev–Trinajstić information content (AvgIpc) is 2.77. The van der Waals surface area contributed by atoms with E-state index in [-0.39, 0.29) is 17.7 Å². The first kappa shape index (κ1) is 22.7. The highest BCUT2D eigenvalue weighted by atomic mass is 16.5. The van der Waals surface area contributed by atoms with Crippen LogP contribution in [0.1, 0.15) is 61.9 Å². The topological polar surface area (TPSA) is 76.7 Å². The van der Waals surface area contributed by atoms with Crippen LogP contribution in [-0.4, -0.2) is 25.0 Å². The minimum atomic E-state index is -0.234. The summed E-state index contributed by atoms with van der Waals surface area (Å²) in [6.45, 7) is 6.60. The van der Waals surface area contributed by atoms with Crippen molar-refractivity contribution in [3.8, 4) is 11.5 Å².